The van der Waals surface area contributed by atoms with Gasteiger partial charge in [-0.05, 0) is 24.3 Å². The van der Waals surface area contributed by atoms with E-state index in [1.165, 1.54) is 11.3 Å². The monoisotopic (exact) mass is 366 g/mol. The molecule has 1 aromatic rings. The second kappa shape index (κ2) is 9.93. The Labute approximate surface area is 150 Å². The van der Waals surface area contributed by atoms with Gasteiger partial charge in [0.05, 0.1) is 11.3 Å². The van der Waals surface area contributed by atoms with Crippen molar-refractivity contribution in [1.29, 1.82) is 0 Å². The standard InChI is InChI=1S/C17H22N2O5S/c20-13(14-4-2-11-25-14)6-7-17(23)24-12-15(21)18-8-3-10-19-9-1-5-16(19)22/h2,4,11H,1,3,5-10,12H2,(H,18,21). The van der Waals surface area contributed by atoms with E-state index in [0.29, 0.717) is 30.8 Å². The SMILES string of the molecule is O=C(COC(=O)CCC(=O)c1cccs1)NCCCN1CCCC1=O. The van der Waals surface area contributed by atoms with E-state index in [2.05, 4.69) is 5.32 Å². The van der Waals surface area contributed by atoms with Crippen LogP contribution in [0.25, 0.3) is 0 Å². The molecule has 1 saturated heterocycles. The van der Waals surface area contributed by atoms with Crippen molar-refractivity contribution < 1.29 is 23.9 Å². The predicted molar refractivity (Wildman–Crippen MR) is 92.3 cm³/mol. The largest absolute Gasteiger partial charge is 0.456 e. The van der Waals surface area contributed by atoms with Crippen LogP contribution in [-0.4, -0.2) is 54.7 Å². The van der Waals surface area contributed by atoms with Crippen molar-refractivity contribution in [2.45, 2.75) is 32.1 Å². The maximum absolute atomic E-state index is 11.8. The minimum Gasteiger partial charge on any atom is -0.456 e. The number of Topliss-reactive ketones (excluding diaryl/α,β-unsaturated/α-hetero) is 1. The third-order valence-corrected chi connectivity index (χ3v) is 4.73. The van der Waals surface area contributed by atoms with Gasteiger partial charge in [0.25, 0.3) is 5.91 Å². The fraction of sp³-hybridized carbons (Fsp3) is 0.529. The number of esters is 1. The molecule has 136 valence electrons. The van der Waals surface area contributed by atoms with Crippen LogP contribution in [0.2, 0.25) is 0 Å². The van der Waals surface area contributed by atoms with Gasteiger partial charge in [-0.15, -0.1) is 11.3 Å². The zero-order chi connectivity index (χ0) is 18.1. The van der Waals surface area contributed by atoms with Crippen LogP contribution in [-0.2, 0) is 19.1 Å². The molecule has 0 spiro atoms. The van der Waals surface area contributed by atoms with Gasteiger partial charge >= 0.3 is 5.97 Å². The lowest BCUT2D eigenvalue weighted by Gasteiger charge is -2.15. The molecule has 0 bridgehead atoms. The molecule has 1 aliphatic heterocycles. The van der Waals surface area contributed by atoms with E-state index >= 15 is 0 Å². The molecule has 2 heterocycles. The second-order valence-electron chi connectivity index (χ2n) is 5.75. The summed E-state index contributed by atoms with van der Waals surface area (Å²) in [4.78, 5) is 48.7. The van der Waals surface area contributed by atoms with Crippen molar-refractivity contribution in [2.75, 3.05) is 26.2 Å². The number of rotatable bonds is 10. The summed E-state index contributed by atoms with van der Waals surface area (Å²) in [5.74, 6) is -0.890. The number of nitrogens with zero attached hydrogens (tertiary/aromatic N) is 1. The lowest BCUT2D eigenvalue weighted by atomic mass is 10.2. The molecule has 1 fully saturated rings. The molecule has 1 N–H and O–H groups in total. The van der Waals surface area contributed by atoms with Crippen LogP contribution >= 0.6 is 11.3 Å². The molecule has 0 radical (unpaired) electrons. The van der Waals surface area contributed by atoms with Gasteiger partial charge in [-0.1, -0.05) is 6.07 Å². The summed E-state index contributed by atoms with van der Waals surface area (Å²) in [5.41, 5.74) is 0. The molecule has 7 nitrogen and oxygen atoms in total. The molecule has 2 rings (SSSR count). The van der Waals surface area contributed by atoms with E-state index in [1.54, 1.807) is 22.4 Å². The minimum absolute atomic E-state index is 0.0406. The molecular weight excluding hydrogens is 344 g/mol. The Morgan fingerprint density at radius 3 is 2.80 bits per heavy atom. The molecule has 1 aliphatic rings. The van der Waals surface area contributed by atoms with Crippen LogP contribution in [0.4, 0.5) is 0 Å². The topological polar surface area (TPSA) is 92.8 Å². The highest BCUT2D eigenvalue weighted by molar-refractivity contribution is 7.12. The number of ketones is 1. The lowest BCUT2D eigenvalue weighted by Crippen LogP contribution is -2.32. The predicted octanol–water partition coefficient (Wildman–Crippen LogP) is 1.38. The normalized spacial score (nSPS) is 13.8. The Morgan fingerprint density at radius 2 is 2.12 bits per heavy atom. The zero-order valence-corrected chi connectivity index (χ0v) is 14.8. The first-order valence-corrected chi connectivity index (χ1v) is 9.21. The number of hydrogen-bond donors (Lipinski definition) is 1. The fourth-order valence-corrected chi connectivity index (χ4v) is 3.18. The molecule has 0 aliphatic carbocycles. The van der Waals surface area contributed by atoms with Crippen molar-refractivity contribution in [1.82, 2.24) is 10.2 Å². The van der Waals surface area contributed by atoms with Gasteiger partial charge in [-0.25, -0.2) is 0 Å². The van der Waals surface area contributed by atoms with Gasteiger partial charge in [0.15, 0.2) is 12.4 Å². The summed E-state index contributed by atoms with van der Waals surface area (Å²) in [7, 11) is 0. The van der Waals surface area contributed by atoms with Crippen LogP contribution in [0.5, 0.6) is 0 Å². The van der Waals surface area contributed by atoms with E-state index in [-0.39, 0.29) is 37.0 Å². The van der Waals surface area contributed by atoms with Crippen LogP contribution in [0, 0.1) is 0 Å². The van der Waals surface area contributed by atoms with E-state index in [9.17, 15) is 19.2 Å². The Hall–Kier alpha value is -2.22. The van der Waals surface area contributed by atoms with Gasteiger partial charge in [-0.2, -0.15) is 0 Å². The lowest BCUT2D eigenvalue weighted by molar-refractivity contribution is -0.148. The summed E-state index contributed by atoms with van der Waals surface area (Å²) in [6.07, 6.45) is 2.21. The maximum Gasteiger partial charge on any atom is 0.306 e. The van der Waals surface area contributed by atoms with Crippen molar-refractivity contribution in [2.24, 2.45) is 0 Å². The highest BCUT2D eigenvalue weighted by atomic mass is 32.1. The molecule has 0 unspecified atom stereocenters. The third-order valence-electron chi connectivity index (χ3n) is 3.81. The highest BCUT2D eigenvalue weighted by Gasteiger charge is 2.19. The van der Waals surface area contributed by atoms with E-state index in [1.807, 2.05) is 0 Å². The molecule has 1 aromatic heterocycles. The average molecular weight is 366 g/mol. The first-order valence-electron chi connectivity index (χ1n) is 8.33. The van der Waals surface area contributed by atoms with Crippen LogP contribution in [0.1, 0.15) is 41.8 Å². The van der Waals surface area contributed by atoms with Gasteiger partial charge < -0.3 is 15.0 Å². The number of carbonyl (C=O) groups excluding carboxylic acids is 4. The average Bonchev–Trinajstić information content (AvgIpc) is 3.26. The number of carbonyl (C=O) groups is 4. The summed E-state index contributed by atoms with van der Waals surface area (Å²) < 4.78 is 4.85. The number of ether oxygens (including phenoxy) is 1. The maximum atomic E-state index is 11.8. The van der Waals surface area contributed by atoms with Crippen molar-refractivity contribution in [3.63, 3.8) is 0 Å². The number of hydrogen-bond acceptors (Lipinski definition) is 6. The summed E-state index contributed by atoms with van der Waals surface area (Å²) in [6, 6.07) is 3.49. The molecule has 0 saturated carbocycles. The quantitative estimate of drug-likeness (QED) is 0.384. The van der Waals surface area contributed by atoms with Crippen molar-refractivity contribution >= 4 is 34.9 Å². The summed E-state index contributed by atoms with van der Waals surface area (Å²) in [6.45, 7) is 1.49. The van der Waals surface area contributed by atoms with E-state index in [4.69, 9.17) is 4.74 Å². The van der Waals surface area contributed by atoms with Gasteiger partial charge in [0, 0.05) is 32.5 Å². The second-order valence-corrected chi connectivity index (χ2v) is 6.70. The third kappa shape index (κ3) is 6.66. The highest BCUT2D eigenvalue weighted by Crippen LogP contribution is 2.12. The molecular formula is C17H22N2O5S. The fourth-order valence-electron chi connectivity index (χ4n) is 2.48. The van der Waals surface area contributed by atoms with E-state index < -0.39 is 5.97 Å². The molecule has 0 aromatic carbocycles. The molecule has 25 heavy (non-hydrogen) atoms. The zero-order valence-electron chi connectivity index (χ0n) is 14.0. The number of nitrogens with one attached hydrogen (secondary N) is 1. The number of thiophene rings is 1. The minimum atomic E-state index is -0.567. The van der Waals surface area contributed by atoms with Crippen LogP contribution in [0.15, 0.2) is 17.5 Å². The Morgan fingerprint density at radius 1 is 1.28 bits per heavy atom. The molecule has 0 atom stereocenters. The summed E-state index contributed by atoms with van der Waals surface area (Å²) >= 11 is 1.33. The molecule has 2 amide bonds. The van der Waals surface area contributed by atoms with Gasteiger partial charge in [-0.3, -0.25) is 19.2 Å². The number of likely N-dealkylation sites (tertiary alicyclic amines) is 1. The van der Waals surface area contributed by atoms with Crippen LogP contribution in [0.3, 0.4) is 0 Å². The smallest absolute Gasteiger partial charge is 0.306 e. The Kier molecular flexibility index (Phi) is 7.59. The van der Waals surface area contributed by atoms with Gasteiger partial charge in [0.1, 0.15) is 0 Å². The van der Waals surface area contributed by atoms with Crippen molar-refractivity contribution in [3.05, 3.63) is 22.4 Å². The van der Waals surface area contributed by atoms with Crippen molar-refractivity contribution in [3.8, 4) is 0 Å². The Balaban J connectivity index is 1.51. The number of amides is 2. The Bertz CT molecular complexity index is 615. The first kappa shape index (κ1) is 19.1. The van der Waals surface area contributed by atoms with Crippen LogP contribution < -0.4 is 5.32 Å². The van der Waals surface area contributed by atoms with Gasteiger partial charge in [0.2, 0.25) is 5.91 Å². The molecule has 8 heteroatoms. The summed E-state index contributed by atoms with van der Waals surface area (Å²) in [5, 5.41) is 4.45. The first-order chi connectivity index (χ1) is 12.1. The van der Waals surface area contributed by atoms with E-state index in [0.717, 1.165) is 13.0 Å².